The summed E-state index contributed by atoms with van der Waals surface area (Å²) in [5, 5.41) is 0. The van der Waals surface area contributed by atoms with Crippen molar-refractivity contribution in [3.8, 4) is 0 Å². The van der Waals surface area contributed by atoms with Gasteiger partial charge >= 0.3 is 17.9 Å². The SMILES string of the molecule is CC/C=C\C/C=C\C/C=C\C/C=C\C/C=C\C/C=C\CCCCCCC(=O)OCC(COC(=O)CCCCCCC/C=C\CCCCCCC)OC(=O)CCCCCCCCCCCCC/C=C\C/C=C\CCCCCCC. The van der Waals surface area contributed by atoms with Crippen LogP contribution in [0.4, 0.5) is 0 Å². The molecule has 6 nitrogen and oxygen atoms in total. The summed E-state index contributed by atoms with van der Waals surface area (Å²) in [6.45, 7) is 6.50. The molecule has 0 N–H and O–H groups in total. The average Bonchev–Trinajstić information content (AvgIpc) is 3.44. The van der Waals surface area contributed by atoms with Crippen molar-refractivity contribution < 1.29 is 28.6 Å². The van der Waals surface area contributed by atoms with E-state index in [2.05, 4.69) is 130 Å². The molecule has 0 rings (SSSR count). The van der Waals surface area contributed by atoms with Crippen LogP contribution in [0.25, 0.3) is 0 Å². The van der Waals surface area contributed by atoms with Gasteiger partial charge in [-0.05, 0) is 128 Å². The Labute approximate surface area is 482 Å². The number of hydrogen-bond donors (Lipinski definition) is 0. The maximum atomic E-state index is 12.9. The smallest absolute Gasteiger partial charge is 0.306 e. The maximum absolute atomic E-state index is 12.9. The fourth-order valence-electron chi connectivity index (χ4n) is 9.06. The summed E-state index contributed by atoms with van der Waals surface area (Å²) in [5.74, 6) is -0.919. The summed E-state index contributed by atoms with van der Waals surface area (Å²) in [6, 6.07) is 0. The van der Waals surface area contributed by atoms with Crippen molar-refractivity contribution in [1.82, 2.24) is 0 Å². The third-order valence-corrected chi connectivity index (χ3v) is 14.0. The Morgan fingerprint density at radius 3 is 0.795 bits per heavy atom. The molecule has 1 atom stereocenters. The number of unbranched alkanes of at least 4 members (excludes halogenated alkanes) is 30. The molecule has 0 aliphatic heterocycles. The molecule has 1 unspecified atom stereocenters. The topological polar surface area (TPSA) is 78.9 Å². The van der Waals surface area contributed by atoms with Crippen LogP contribution in [0.1, 0.15) is 310 Å². The number of carbonyl (C=O) groups is 3. The molecule has 0 aromatic rings. The zero-order valence-corrected chi connectivity index (χ0v) is 51.2. The van der Waals surface area contributed by atoms with E-state index < -0.39 is 6.10 Å². The van der Waals surface area contributed by atoms with Crippen LogP contribution in [0.2, 0.25) is 0 Å². The molecular weight excluding hydrogens is 961 g/mol. The molecule has 78 heavy (non-hydrogen) atoms. The van der Waals surface area contributed by atoms with Gasteiger partial charge in [-0.3, -0.25) is 14.4 Å². The Morgan fingerprint density at radius 1 is 0.269 bits per heavy atom. The van der Waals surface area contributed by atoms with Gasteiger partial charge in [0.25, 0.3) is 0 Å². The van der Waals surface area contributed by atoms with E-state index in [0.717, 1.165) is 122 Å². The molecule has 0 radical (unpaired) electrons. The first-order valence-electron chi connectivity index (χ1n) is 32.9. The molecule has 0 bridgehead atoms. The molecule has 0 spiro atoms. The van der Waals surface area contributed by atoms with E-state index in [1.165, 1.54) is 148 Å². The van der Waals surface area contributed by atoms with Crippen LogP contribution in [0.3, 0.4) is 0 Å². The largest absolute Gasteiger partial charge is 0.462 e. The minimum Gasteiger partial charge on any atom is -0.462 e. The first-order chi connectivity index (χ1) is 38.5. The minimum atomic E-state index is -0.797. The first kappa shape index (κ1) is 74.1. The van der Waals surface area contributed by atoms with Crippen molar-refractivity contribution in [2.45, 2.75) is 316 Å². The lowest BCUT2D eigenvalue weighted by Crippen LogP contribution is -2.30. The number of rotatable bonds is 59. The van der Waals surface area contributed by atoms with Gasteiger partial charge in [0.2, 0.25) is 0 Å². The Balaban J connectivity index is 4.41. The van der Waals surface area contributed by atoms with Gasteiger partial charge < -0.3 is 14.2 Å². The summed E-state index contributed by atoms with van der Waals surface area (Å²) in [6.07, 6.45) is 89.5. The van der Waals surface area contributed by atoms with E-state index in [1.807, 2.05) is 0 Å². The number of esters is 3. The third kappa shape index (κ3) is 62.9. The molecular formula is C72H122O6. The predicted molar refractivity (Wildman–Crippen MR) is 339 cm³/mol. The fraction of sp³-hybridized carbons (Fsp3) is 0.708. The van der Waals surface area contributed by atoms with Gasteiger partial charge in [-0.25, -0.2) is 0 Å². The predicted octanol–water partition coefficient (Wildman–Crippen LogP) is 22.6. The van der Waals surface area contributed by atoms with E-state index >= 15 is 0 Å². The molecule has 0 saturated heterocycles. The zero-order chi connectivity index (χ0) is 56.4. The lowest BCUT2D eigenvalue weighted by molar-refractivity contribution is -0.167. The van der Waals surface area contributed by atoms with Crippen LogP contribution in [0.15, 0.2) is 109 Å². The second kappa shape index (κ2) is 65.6. The Bertz CT molecular complexity index is 1570. The normalized spacial score (nSPS) is 12.8. The van der Waals surface area contributed by atoms with Crippen LogP contribution in [0, 0.1) is 0 Å². The number of allylic oxidation sites excluding steroid dienone is 18. The first-order valence-corrected chi connectivity index (χ1v) is 32.9. The van der Waals surface area contributed by atoms with Gasteiger partial charge in [0.15, 0.2) is 6.10 Å². The molecule has 6 heteroatoms. The molecule has 0 aliphatic rings. The number of hydrogen-bond acceptors (Lipinski definition) is 6. The molecule has 0 aliphatic carbocycles. The lowest BCUT2D eigenvalue weighted by Gasteiger charge is -2.18. The van der Waals surface area contributed by atoms with E-state index in [9.17, 15) is 14.4 Å². The molecule has 0 fully saturated rings. The summed E-state index contributed by atoms with van der Waals surface area (Å²) in [7, 11) is 0. The van der Waals surface area contributed by atoms with Crippen molar-refractivity contribution in [3.63, 3.8) is 0 Å². The summed E-state index contributed by atoms with van der Waals surface area (Å²) in [5.41, 5.74) is 0. The average molecular weight is 1080 g/mol. The van der Waals surface area contributed by atoms with E-state index in [4.69, 9.17) is 14.2 Å². The molecule has 446 valence electrons. The third-order valence-electron chi connectivity index (χ3n) is 14.0. The highest BCUT2D eigenvalue weighted by atomic mass is 16.6. The second-order valence-electron chi connectivity index (χ2n) is 21.6. The van der Waals surface area contributed by atoms with Gasteiger partial charge in [-0.2, -0.15) is 0 Å². The van der Waals surface area contributed by atoms with Gasteiger partial charge in [-0.15, -0.1) is 0 Å². The van der Waals surface area contributed by atoms with Crippen LogP contribution in [-0.4, -0.2) is 37.2 Å². The van der Waals surface area contributed by atoms with Crippen LogP contribution in [0.5, 0.6) is 0 Å². The minimum absolute atomic E-state index is 0.0916. The van der Waals surface area contributed by atoms with Crippen molar-refractivity contribution in [2.24, 2.45) is 0 Å². The van der Waals surface area contributed by atoms with E-state index in [-0.39, 0.29) is 31.1 Å². The monoisotopic (exact) mass is 1080 g/mol. The molecule has 0 aromatic carbocycles. The summed E-state index contributed by atoms with van der Waals surface area (Å²) in [4.78, 5) is 38.4. The van der Waals surface area contributed by atoms with Gasteiger partial charge in [-0.1, -0.05) is 271 Å². The van der Waals surface area contributed by atoms with Crippen LogP contribution >= 0.6 is 0 Å². The Hall–Kier alpha value is -3.93. The molecule has 0 heterocycles. The highest BCUT2D eigenvalue weighted by Gasteiger charge is 2.19. The quantitative estimate of drug-likeness (QED) is 0.0261. The molecule has 0 saturated carbocycles. The van der Waals surface area contributed by atoms with Crippen LogP contribution in [-0.2, 0) is 28.6 Å². The van der Waals surface area contributed by atoms with Gasteiger partial charge in [0, 0.05) is 19.3 Å². The fourth-order valence-corrected chi connectivity index (χ4v) is 9.06. The number of carbonyl (C=O) groups excluding carboxylic acids is 3. The second-order valence-corrected chi connectivity index (χ2v) is 21.6. The zero-order valence-electron chi connectivity index (χ0n) is 51.2. The maximum Gasteiger partial charge on any atom is 0.306 e. The van der Waals surface area contributed by atoms with E-state index in [0.29, 0.717) is 19.3 Å². The number of ether oxygens (including phenoxy) is 3. The lowest BCUT2D eigenvalue weighted by atomic mass is 10.0. The Morgan fingerprint density at radius 2 is 0.500 bits per heavy atom. The van der Waals surface area contributed by atoms with Gasteiger partial charge in [0.1, 0.15) is 13.2 Å². The van der Waals surface area contributed by atoms with Crippen molar-refractivity contribution >= 4 is 17.9 Å². The van der Waals surface area contributed by atoms with E-state index in [1.54, 1.807) is 0 Å². The molecule has 0 aromatic heterocycles. The van der Waals surface area contributed by atoms with Gasteiger partial charge in [0.05, 0.1) is 0 Å². The molecule has 0 amide bonds. The van der Waals surface area contributed by atoms with Crippen molar-refractivity contribution in [3.05, 3.63) is 109 Å². The highest BCUT2D eigenvalue weighted by Crippen LogP contribution is 2.16. The summed E-state index contributed by atoms with van der Waals surface area (Å²) >= 11 is 0. The Kier molecular flexibility index (Phi) is 62.3. The van der Waals surface area contributed by atoms with Crippen LogP contribution < -0.4 is 0 Å². The summed E-state index contributed by atoms with van der Waals surface area (Å²) < 4.78 is 16.9. The standard InChI is InChI=1S/C72H122O6/c1-4-7-10-13-16-19-22-25-28-30-32-34-36-38-40-42-44-47-50-53-56-59-62-65-71(74)77-68-69(67-76-70(73)64-61-58-55-52-49-46-27-24-21-18-15-12-9-6-3)78-72(75)66-63-60-57-54-51-48-45-43-41-39-37-35-33-31-29-26-23-20-17-14-11-8-5-2/h7,10,16,19,23-28,31-34,38,40,44,47,69H,4-6,8-9,11-15,17-18,20-22,29-30,35-37,39,41-43,45-46,48-68H2,1-3H3/b10-7-,19-16-,26-23-,27-24-,28-25-,33-31-,34-32-,40-38-,47-44-. The van der Waals surface area contributed by atoms with Crippen molar-refractivity contribution in [2.75, 3.05) is 13.2 Å². The van der Waals surface area contributed by atoms with Crippen molar-refractivity contribution in [1.29, 1.82) is 0 Å². The highest BCUT2D eigenvalue weighted by molar-refractivity contribution is 5.71.